The predicted octanol–water partition coefficient (Wildman–Crippen LogP) is 5.11. The second kappa shape index (κ2) is 8.72. The number of hydrogen-bond acceptors (Lipinski definition) is 4. The zero-order valence-electron chi connectivity index (χ0n) is 18.7. The summed E-state index contributed by atoms with van der Waals surface area (Å²) in [6.07, 6.45) is -9.27. The summed E-state index contributed by atoms with van der Waals surface area (Å²) in [5.41, 5.74) is 5.49. The van der Waals surface area contributed by atoms with Gasteiger partial charge in [0, 0.05) is 22.5 Å². The van der Waals surface area contributed by atoms with E-state index in [0.29, 0.717) is 48.9 Å². The Morgan fingerprint density at radius 3 is 1.18 bits per heavy atom. The molecule has 2 aromatic rings. The van der Waals surface area contributed by atoms with E-state index < -0.39 is 34.7 Å². The lowest BCUT2D eigenvalue weighted by atomic mass is 9.84. The Bertz CT molecular complexity index is 946. The fraction of sp³-hybridized carbons (Fsp3) is 0.478. The third-order valence-corrected chi connectivity index (χ3v) is 6.04. The van der Waals surface area contributed by atoms with E-state index in [2.05, 4.69) is 0 Å². The van der Waals surface area contributed by atoms with Crippen molar-refractivity contribution in [1.82, 2.24) is 0 Å². The molecule has 33 heavy (non-hydrogen) atoms. The third-order valence-electron chi connectivity index (χ3n) is 6.04. The molecule has 10 heteroatoms. The van der Waals surface area contributed by atoms with Crippen LogP contribution in [0, 0.1) is 0 Å². The standard InChI is InChI=1S/C23H28F6N2O2/c1-5-12-10-18(30)16(20(3,32)22(24,25)26)8-14(12)7-15-9-17(19(31)11-13(15)6-2)21(4,33)23(27,28)29/h8-11,32-33H,5-7,30-31H2,1-4H3. The predicted molar refractivity (Wildman–Crippen MR) is 115 cm³/mol. The molecule has 2 unspecified atom stereocenters. The zero-order chi connectivity index (χ0) is 25.6. The van der Waals surface area contributed by atoms with Gasteiger partial charge in [0.25, 0.3) is 0 Å². The maximum absolute atomic E-state index is 13.4. The van der Waals surface area contributed by atoms with Crippen molar-refractivity contribution >= 4 is 11.4 Å². The van der Waals surface area contributed by atoms with E-state index in [1.807, 2.05) is 0 Å². The van der Waals surface area contributed by atoms with E-state index in [1.54, 1.807) is 13.8 Å². The molecule has 184 valence electrons. The highest BCUT2D eigenvalue weighted by Crippen LogP contribution is 2.44. The average Bonchev–Trinajstić information content (AvgIpc) is 2.67. The molecule has 0 aliphatic heterocycles. The molecule has 0 fully saturated rings. The quantitative estimate of drug-likeness (QED) is 0.343. The fourth-order valence-electron chi connectivity index (χ4n) is 3.76. The first-order valence-electron chi connectivity index (χ1n) is 10.3. The minimum absolute atomic E-state index is 0.0468. The zero-order valence-corrected chi connectivity index (χ0v) is 18.7. The Morgan fingerprint density at radius 1 is 0.636 bits per heavy atom. The molecule has 2 aromatic carbocycles. The van der Waals surface area contributed by atoms with Crippen molar-refractivity contribution in [2.24, 2.45) is 0 Å². The van der Waals surface area contributed by atoms with Crippen LogP contribution in [0.25, 0.3) is 0 Å². The van der Waals surface area contributed by atoms with Crippen molar-refractivity contribution in [3.8, 4) is 0 Å². The number of nitrogens with two attached hydrogens (primary N) is 2. The lowest BCUT2D eigenvalue weighted by Gasteiger charge is -2.30. The van der Waals surface area contributed by atoms with Crippen molar-refractivity contribution in [3.05, 3.63) is 57.6 Å². The average molecular weight is 478 g/mol. The Labute approximate surface area is 188 Å². The molecule has 4 nitrogen and oxygen atoms in total. The number of aliphatic hydroxyl groups is 2. The Kier molecular flexibility index (Phi) is 7.08. The molecule has 0 aliphatic rings. The first kappa shape index (κ1) is 26.8. The molecule has 2 atom stereocenters. The highest BCUT2D eigenvalue weighted by Gasteiger charge is 2.53. The van der Waals surface area contributed by atoms with Gasteiger partial charge >= 0.3 is 12.4 Å². The summed E-state index contributed by atoms with van der Waals surface area (Å²) in [5.74, 6) is 0. The van der Waals surface area contributed by atoms with E-state index in [-0.39, 0.29) is 17.8 Å². The van der Waals surface area contributed by atoms with Crippen molar-refractivity contribution in [2.75, 3.05) is 11.5 Å². The smallest absolute Gasteiger partial charge is 0.398 e. The summed E-state index contributed by atoms with van der Waals surface area (Å²) < 4.78 is 80.7. The number of benzene rings is 2. The number of hydrogen-bond donors (Lipinski definition) is 4. The monoisotopic (exact) mass is 478 g/mol. The molecule has 0 spiro atoms. The van der Waals surface area contributed by atoms with Gasteiger partial charge in [-0.05, 0) is 79.6 Å². The molecule has 0 heterocycles. The lowest BCUT2D eigenvalue weighted by molar-refractivity contribution is -0.258. The third kappa shape index (κ3) is 4.91. The maximum Gasteiger partial charge on any atom is 0.421 e. The van der Waals surface area contributed by atoms with Gasteiger partial charge in [-0.3, -0.25) is 0 Å². The van der Waals surface area contributed by atoms with Crippen LogP contribution in [0.15, 0.2) is 24.3 Å². The molecule has 0 aromatic heterocycles. The molecule has 6 N–H and O–H groups in total. The van der Waals surface area contributed by atoms with Crippen molar-refractivity contribution in [2.45, 2.75) is 70.5 Å². The maximum atomic E-state index is 13.4. The van der Waals surface area contributed by atoms with Crippen molar-refractivity contribution in [1.29, 1.82) is 0 Å². The van der Waals surface area contributed by atoms with Crippen LogP contribution in [0.5, 0.6) is 0 Å². The van der Waals surface area contributed by atoms with Gasteiger partial charge in [-0.15, -0.1) is 0 Å². The second-order valence-electron chi connectivity index (χ2n) is 8.44. The number of rotatable bonds is 6. The van der Waals surface area contributed by atoms with Crippen molar-refractivity contribution in [3.63, 3.8) is 0 Å². The number of anilines is 2. The van der Waals surface area contributed by atoms with Gasteiger partial charge < -0.3 is 21.7 Å². The summed E-state index contributed by atoms with van der Waals surface area (Å²) in [6, 6.07) is 4.94. The van der Waals surface area contributed by atoms with Gasteiger partial charge in [0.2, 0.25) is 0 Å². The Morgan fingerprint density at radius 2 is 0.939 bits per heavy atom. The topological polar surface area (TPSA) is 92.5 Å². The lowest BCUT2D eigenvalue weighted by Crippen LogP contribution is -2.40. The minimum atomic E-state index is -5.00. The molecule has 0 saturated heterocycles. The normalized spacial score (nSPS) is 16.4. The number of alkyl halides is 6. The highest BCUT2D eigenvalue weighted by atomic mass is 19.4. The molecule has 0 amide bonds. The summed E-state index contributed by atoms with van der Waals surface area (Å²) in [7, 11) is 0. The van der Waals surface area contributed by atoms with Gasteiger partial charge in [-0.1, -0.05) is 13.8 Å². The Hall–Kier alpha value is -2.46. The van der Waals surface area contributed by atoms with Crippen LogP contribution < -0.4 is 11.5 Å². The molecule has 0 radical (unpaired) electrons. The van der Waals surface area contributed by atoms with Crippen LogP contribution in [0.1, 0.15) is 61.1 Å². The van der Waals surface area contributed by atoms with Gasteiger partial charge in [0.05, 0.1) is 0 Å². The van der Waals surface area contributed by atoms with E-state index >= 15 is 0 Å². The van der Waals surface area contributed by atoms with Gasteiger partial charge in [0.1, 0.15) is 0 Å². The number of aryl methyl sites for hydroxylation is 2. The highest BCUT2D eigenvalue weighted by molar-refractivity contribution is 5.59. The first-order chi connectivity index (χ1) is 14.9. The summed E-state index contributed by atoms with van der Waals surface area (Å²) in [6.45, 7) is 4.69. The number of nitrogen functional groups attached to an aromatic ring is 2. The van der Waals surface area contributed by atoms with Crippen LogP contribution in [0.3, 0.4) is 0 Å². The first-order valence-corrected chi connectivity index (χ1v) is 10.3. The van der Waals surface area contributed by atoms with E-state index in [9.17, 15) is 36.6 Å². The van der Waals surface area contributed by atoms with Crippen LogP contribution in [0.4, 0.5) is 37.7 Å². The molecular weight excluding hydrogens is 450 g/mol. The van der Waals surface area contributed by atoms with Gasteiger partial charge in [0.15, 0.2) is 11.2 Å². The number of halogens is 6. The van der Waals surface area contributed by atoms with E-state index in [4.69, 9.17) is 11.5 Å². The fourth-order valence-corrected chi connectivity index (χ4v) is 3.76. The second-order valence-corrected chi connectivity index (χ2v) is 8.44. The minimum Gasteiger partial charge on any atom is -0.398 e. The van der Waals surface area contributed by atoms with E-state index in [1.165, 1.54) is 12.1 Å². The molecule has 0 bridgehead atoms. The molecular formula is C23H28F6N2O2. The van der Waals surface area contributed by atoms with Crippen LogP contribution in [-0.2, 0) is 30.5 Å². The largest absolute Gasteiger partial charge is 0.421 e. The van der Waals surface area contributed by atoms with Gasteiger partial charge in [-0.2, -0.15) is 26.3 Å². The van der Waals surface area contributed by atoms with Crippen LogP contribution in [0.2, 0.25) is 0 Å². The van der Waals surface area contributed by atoms with Crippen LogP contribution in [-0.4, -0.2) is 22.6 Å². The van der Waals surface area contributed by atoms with Crippen molar-refractivity contribution < 1.29 is 36.6 Å². The summed E-state index contributed by atoms with van der Waals surface area (Å²) >= 11 is 0. The SMILES string of the molecule is CCc1cc(N)c(C(C)(O)C(F)(F)F)cc1Cc1cc(C(C)(O)C(F)(F)F)c(N)cc1CC. The molecule has 2 rings (SSSR count). The summed E-state index contributed by atoms with van der Waals surface area (Å²) in [4.78, 5) is 0. The van der Waals surface area contributed by atoms with E-state index in [0.717, 1.165) is 12.1 Å². The van der Waals surface area contributed by atoms with Gasteiger partial charge in [-0.25, -0.2) is 0 Å². The molecule has 0 aliphatic carbocycles. The molecule has 0 saturated carbocycles. The Balaban J connectivity index is 2.72. The summed E-state index contributed by atoms with van der Waals surface area (Å²) in [5, 5.41) is 20.3. The van der Waals surface area contributed by atoms with Crippen LogP contribution >= 0.6 is 0 Å².